The molecular formula is C19H23N3O2. The van der Waals surface area contributed by atoms with Gasteiger partial charge >= 0.3 is 0 Å². The number of amides is 1. The molecule has 24 heavy (non-hydrogen) atoms. The smallest absolute Gasteiger partial charge is 0.274 e. The summed E-state index contributed by atoms with van der Waals surface area (Å²) in [6.07, 6.45) is 4.19. The van der Waals surface area contributed by atoms with Crippen LogP contribution in [-0.4, -0.2) is 31.1 Å². The van der Waals surface area contributed by atoms with E-state index < -0.39 is 0 Å². The van der Waals surface area contributed by atoms with Crippen molar-refractivity contribution in [1.29, 1.82) is 0 Å². The van der Waals surface area contributed by atoms with Crippen LogP contribution in [0, 0.1) is 5.92 Å². The molecule has 126 valence electrons. The van der Waals surface area contributed by atoms with E-state index in [4.69, 9.17) is 4.74 Å². The van der Waals surface area contributed by atoms with Crippen LogP contribution in [0.15, 0.2) is 42.6 Å². The SMILES string of the molecule is COc1ccccc1NC(=O)c1ccc(N2CCC(C)CC2)cn1. The monoisotopic (exact) mass is 325 g/mol. The van der Waals surface area contributed by atoms with Gasteiger partial charge in [-0.05, 0) is 43.0 Å². The summed E-state index contributed by atoms with van der Waals surface area (Å²) in [4.78, 5) is 19.0. The second-order valence-corrected chi connectivity index (χ2v) is 6.23. The summed E-state index contributed by atoms with van der Waals surface area (Å²) in [5.74, 6) is 1.18. The number of ether oxygens (including phenoxy) is 1. The van der Waals surface area contributed by atoms with E-state index in [-0.39, 0.29) is 5.91 Å². The van der Waals surface area contributed by atoms with Crippen molar-refractivity contribution < 1.29 is 9.53 Å². The molecule has 1 saturated heterocycles. The number of aromatic nitrogens is 1. The molecule has 2 aromatic rings. The first-order chi connectivity index (χ1) is 11.7. The molecule has 0 spiro atoms. The summed E-state index contributed by atoms with van der Waals surface area (Å²) < 4.78 is 5.25. The van der Waals surface area contributed by atoms with Gasteiger partial charge in [0.1, 0.15) is 11.4 Å². The lowest BCUT2D eigenvalue weighted by molar-refractivity contribution is 0.102. The fourth-order valence-corrected chi connectivity index (χ4v) is 2.91. The van der Waals surface area contributed by atoms with Crippen molar-refractivity contribution in [3.8, 4) is 5.75 Å². The number of hydrogen-bond acceptors (Lipinski definition) is 4. The molecule has 1 aliphatic heterocycles. The maximum Gasteiger partial charge on any atom is 0.274 e. The minimum absolute atomic E-state index is 0.238. The summed E-state index contributed by atoms with van der Waals surface area (Å²) in [6, 6.07) is 11.1. The Morgan fingerprint density at radius 1 is 1.21 bits per heavy atom. The average molecular weight is 325 g/mol. The maximum atomic E-state index is 12.4. The summed E-state index contributed by atoms with van der Waals surface area (Å²) >= 11 is 0. The number of nitrogens with one attached hydrogen (secondary N) is 1. The first-order valence-corrected chi connectivity index (χ1v) is 8.32. The Hall–Kier alpha value is -2.56. The van der Waals surface area contributed by atoms with E-state index in [1.54, 1.807) is 25.4 Å². The molecule has 1 aromatic carbocycles. The molecule has 3 rings (SSSR count). The fourth-order valence-electron chi connectivity index (χ4n) is 2.91. The molecule has 5 nitrogen and oxygen atoms in total. The zero-order valence-electron chi connectivity index (χ0n) is 14.2. The molecule has 0 saturated carbocycles. The fraction of sp³-hybridized carbons (Fsp3) is 0.368. The largest absolute Gasteiger partial charge is 0.495 e. The predicted molar refractivity (Wildman–Crippen MR) is 95.8 cm³/mol. The quantitative estimate of drug-likeness (QED) is 0.933. The molecule has 5 heteroatoms. The molecule has 0 radical (unpaired) electrons. The van der Waals surface area contributed by atoms with Crippen LogP contribution in [0.2, 0.25) is 0 Å². The molecule has 1 aromatic heterocycles. The number of hydrogen-bond donors (Lipinski definition) is 1. The number of pyridine rings is 1. The van der Waals surface area contributed by atoms with Crippen LogP contribution in [0.1, 0.15) is 30.3 Å². The zero-order chi connectivity index (χ0) is 16.9. The third-order valence-electron chi connectivity index (χ3n) is 4.48. The number of anilines is 2. The normalized spacial score (nSPS) is 15.2. The highest BCUT2D eigenvalue weighted by Gasteiger charge is 2.17. The van der Waals surface area contributed by atoms with E-state index in [0.717, 1.165) is 24.7 Å². The molecule has 1 amide bonds. The van der Waals surface area contributed by atoms with Crippen molar-refractivity contribution in [3.05, 3.63) is 48.3 Å². The predicted octanol–water partition coefficient (Wildman–Crippen LogP) is 3.58. The van der Waals surface area contributed by atoms with E-state index in [0.29, 0.717) is 17.1 Å². The zero-order valence-corrected chi connectivity index (χ0v) is 14.2. The molecule has 0 bridgehead atoms. The minimum atomic E-state index is -0.238. The van der Waals surface area contributed by atoms with Crippen LogP contribution in [0.4, 0.5) is 11.4 Å². The van der Waals surface area contributed by atoms with Crippen molar-refractivity contribution >= 4 is 17.3 Å². The summed E-state index contributed by atoms with van der Waals surface area (Å²) in [5.41, 5.74) is 2.12. The van der Waals surface area contributed by atoms with Crippen molar-refractivity contribution in [2.24, 2.45) is 5.92 Å². The molecule has 1 N–H and O–H groups in total. The first kappa shape index (κ1) is 16.3. The number of nitrogens with zero attached hydrogens (tertiary/aromatic N) is 2. The lowest BCUT2D eigenvalue weighted by Gasteiger charge is -2.31. The Morgan fingerprint density at radius 3 is 2.62 bits per heavy atom. The van der Waals surface area contributed by atoms with Crippen LogP contribution >= 0.6 is 0 Å². The van der Waals surface area contributed by atoms with Gasteiger partial charge in [0, 0.05) is 13.1 Å². The summed E-state index contributed by atoms with van der Waals surface area (Å²) in [6.45, 7) is 4.39. The Bertz CT molecular complexity index is 692. The van der Waals surface area contributed by atoms with E-state index >= 15 is 0 Å². The number of carbonyl (C=O) groups is 1. The minimum Gasteiger partial charge on any atom is -0.495 e. The average Bonchev–Trinajstić information content (AvgIpc) is 2.63. The summed E-state index contributed by atoms with van der Waals surface area (Å²) in [7, 11) is 1.58. The van der Waals surface area contributed by atoms with Crippen LogP contribution in [0.3, 0.4) is 0 Å². The Kier molecular flexibility index (Phi) is 4.99. The van der Waals surface area contributed by atoms with Crippen LogP contribution in [0.5, 0.6) is 5.75 Å². The van der Waals surface area contributed by atoms with Crippen LogP contribution in [0.25, 0.3) is 0 Å². The van der Waals surface area contributed by atoms with Crippen molar-refractivity contribution in [1.82, 2.24) is 4.98 Å². The van der Waals surface area contributed by atoms with Gasteiger partial charge in [-0.1, -0.05) is 19.1 Å². The number of carbonyl (C=O) groups excluding carboxylic acids is 1. The van der Waals surface area contributed by atoms with Crippen molar-refractivity contribution in [3.63, 3.8) is 0 Å². The van der Waals surface area contributed by atoms with Crippen molar-refractivity contribution in [2.75, 3.05) is 30.4 Å². The highest BCUT2D eigenvalue weighted by molar-refractivity contribution is 6.03. The molecule has 0 aliphatic carbocycles. The molecule has 2 heterocycles. The maximum absolute atomic E-state index is 12.4. The third-order valence-corrected chi connectivity index (χ3v) is 4.48. The molecule has 0 unspecified atom stereocenters. The topological polar surface area (TPSA) is 54.5 Å². The third kappa shape index (κ3) is 3.67. The number of para-hydroxylation sites is 2. The number of rotatable bonds is 4. The molecular weight excluding hydrogens is 302 g/mol. The van der Waals surface area contributed by atoms with Crippen molar-refractivity contribution in [2.45, 2.75) is 19.8 Å². The van der Waals surface area contributed by atoms with Gasteiger partial charge in [-0.3, -0.25) is 4.79 Å². The van der Waals surface area contributed by atoms with Crippen LogP contribution < -0.4 is 15.0 Å². The van der Waals surface area contributed by atoms with E-state index in [1.165, 1.54) is 12.8 Å². The Morgan fingerprint density at radius 2 is 1.96 bits per heavy atom. The lowest BCUT2D eigenvalue weighted by atomic mass is 9.99. The van der Waals surface area contributed by atoms with Gasteiger partial charge < -0.3 is 15.0 Å². The number of piperidine rings is 1. The van der Waals surface area contributed by atoms with Gasteiger partial charge in [0.25, 0.3) is 5.91 Å². The second-order valence-electron chi connectivity index (χ2n) is 6.23. The second kappa shape index (κ2) is 7.34. The molecule has 0 atom stereocenters. The Balaban J connectivity index is 1.68. The van der Waals surface area contributed by atoms with Gasteiger partial charge in [-0.15, -0.1) is 0 Å². The number of methoxy groups -OCH3 is 1. The highest BCUT2D eigenvalue weighted by Crippen LogP contribution is 2.24. The van der Waals surface area contributed by atoms with E-state index in [2.05, 4.69) is 22.1 Å². The van der Waals surface area contributed by atoms with Crippen LogP contribution in [-0.2, 0) is 0 Å². The van der Waals surface area contributed by atoms with Gasteiger partial charge in [-0.2, -0.15) is 0 Å². The molecule has 1 aliphatic rings. The van der Waals surface area contributed by atoms with Gasteiger partial charge in [-0.25, -0.2) is 4.98 Å². The van der Waals surface area contributed by atoms with Gasteiger partial charge in [0.15, 0.2) is 0 Å². The van der Waals surface area contributed by atoms with Gasteiger partial charge in [0.05, 0.1) is 24.7 Å². The lowest BCUT2D eigenvalue weighted by Crippen LogP contribution is -2.32. The molecule has 1 fully saturated rings. The van der Waals surface area contributed by atoms with E-state index in [9.17, 15) is 4.79 Å². The highest BCUT2D eigenvalue weighted by atomic mass is 16.5. The Labute approximate surface area is 142 Å². The van der Waals surface area contributed by atoms with E-state index in [1.807, 2.05) is 24.3 Å². The first-order valence-electron chi connectivity index (χ1n) is 8.32. The number of benzene rings is 1. The van der Waals surface area contributed by atoms with Gasteiger partial charge in [0.2, 0.25) is 0 Å². The summed E-state index contributed by atoms with van der Waals surface area (Å²) in [5, 5.41) is 2.84. The standard InChI is InChI=1S/C19H23N3O2/c1-14-9-11-22(12-10-14)15-7-8-17(20-13-15)19(23)21-16-5-3-4-6-18(16)24-2/h3-8,13-14H,9-12H2,1-2H3,(H,21,23).